The Kier molecular flexibility index (Phi) is 9.78. The number of rotatable bonds is 6. The minimum Gasteiger partial charge on any atom is -0.356 e. The Morgan fingerprint density at radius 2 is 2.00 bits per heavy atom. The molecular formula is C21H31FIN5S. The van der Waals surface area contributed by atoms with E-state index in [-0.39, 0.29) is 29.8 Å². The van der Waals surface area contributed by atoms with Gasteiger partial charge in [0, 0.05) is 39.1 Å². The normalized spacial score (nSPS) is 15.8. The molecule has 1 saturated heterocycles. The lowest BCUT2D eigenvalue weighted by atomic mass is 9.97. The lowest BCUT2D eigenvalue weighted by molar-refractivity contribution is 0.176. The molecule has 5 nitrogen and oxygen atoms in total. The van der Waals surface area contributed by atoms with Gasteiger partial charge in [0.1, 0.15) is 5.82 Å². The number of aliphatic imine (C=N–C) groups is 1. The van der Waals surface area contributed by atoms with Crippen LogP contribution in [0.2, 0.25) is 0 Å². The first-order chi connectivity index (χ1) is 13.5. The van der Waals surface area contributed by atoms with Crippen LogP contribution in [0.1, 0.15) is 29.1 Å². The molecule has 1 aromatic heterocycles. The Morgan fingerprint density at radius 1 is 1.31 bits per heavy atom. The summed E-state index contributed by atoms with van der Waals surface area (Å²) in [6, 6.07) is 6.64. The van der Waals surface area contributed by atoms with Gasteiger partial charge in [0.05, 0.1) is 10.7 Å². The van der Waals surface area contributed by atoms with Crippen LogP contribution in [-0.2, 0) is 13.1 Å². The highest BCUT2D eigenvalue weighted by atomic mass is 127. The number of hydrogen-bond donors (Lipinski definition) is 1. The fourth-order valence-electron chi connectivity index (χ4n) is 3.62. The van der Waals surface area contributed by atoms with E-state index < -0.39 is 0 Å². The number of benzene rings is 1. The Balaban J connectivity index is 0.00000300. The van der Waals surface area contributed by atoms with Gasteiger partial charge in [-0.15, -0.1) is 35.3 Å². The molecule has 1 N–H and O–H groups in total. The lowest BCUT2D eigenvalue weighted by Gasteiger charge is -2.32. The lowest BCUT2D eigenvalue weighted by Crippen LogP contribution is -2.43. The van der Waals surface area contributed by atoms with Crippen LogP contribution in [0.25, 0.3) is 0 Å². The smallest absolute Gasteiger partial charge is 0.193 e. The number of thiazole rings is 1. The van der Waals surface area contributed by atoms with Crippen LogP contribution >= 0.6 is 35.3 Å². The number of nitrogens with zero attached hydrogens (tertiary/aromatic N) is 4. The van der Waals surface area contributed by atoms with E-state index in [1.54, 1.807) is 11.3 Å². The zero-order valence-corrected chi connectivity index (χ0v) is 20.5. The molecule has 3 rings (SSSR count). The summed E-state index contributed by atoms with van der Waals surface area (Å²) in [4.78, 5) is 13.6. The summed E-state index contributed by atoms with van der Waals surface area (Å²) in [6.45, 7) is 6.90. The van der Waals surface area contributed by atoms with Gasteiger partial charge in [-0.1, -0.05) is 12.1 Å². The van der Waals surface area contributed by atoms with Gasteiger partial charge in [-0.2, -0.15) is 0 Å². The van der Waals surface area contributed by atoms with Gasteiger partial charge in [0.2, 0.25) is 0 Å². The van der Waals surface area contributed by atoms with E-state index in [9.17, 15) is 4.39 Å². The number of nitrogens with one attached hydrogen (secondary N) is 1. The molecule has 29 heavy (non-hydrogen) atoms. The topological polar surface area (TPSA) is 43.8 Å². The van der Waals surface area contributed by atoms with Crippen LogP contribution in [0.4, 0.5) is 4.39 Å². The van der Waals surface area contributed by atoms with Crippen LogP contribution in [0.15, 0.2) is 34.6 Å². The van der Waals surface area contributed by atoms with E-state index in [4.69, 9.17) is 0 Å². The molecule has 0 spiro atoms. The molecule has 0 amide bonds. The maximum absolute atomic E-state index is 13.1. The van der Waals surface area contributed by atoms with Gasteiger partial charge in [-0.25, -0.2) is 9.37 Å². The Bertz CT molecular complexity index is 772. The van der Waals surface area contributed by atoms with Gasteiger partial charge in [0.25, 0.3) is 0 Å². The summed E-state index contributed by atoms with van der Waals surface area (Å²) in [5, 5.41) is 6.83. The molecule has 1 fully saturated rings. The third-order valence-electron chi connectivity index (χ3n) is 5.21. The van der Waals surface area contributed by atoms with E-state index in [0.717, 1.165) is 42.7 Å². The molecule has 0 atom stereocenters. The number of likely N-dealkylation sites (tertiary alicyclic amines) is 1. The number of aromatic nitrogens is 1. The molecule has 0 radical (unpaired) electrons. The number of halogens is 2. The van der Waals surface area contributed by atoms with Crippen molar-refractivity contribution in [1.29, 1.82) is 0 Å². The quantitative estimate of drug-likeness (QED) is 0.346. The molecule has 0 saturated carbocycles. The van der Waals surface area contributed by atoms with Gasteiger partial charge in [0.15, 0.2) is 5.96 Å². The van der Waals surface area contributed by atoms with Crippen molar-refractivity contribution in [3.8, 4) is 0 Å². The van der Waals surface area contributed by atoms with Crippen molar-refractivity contribution in [1.82, 2.24) is 20.1 Å². The molecule has 1 aromatic carbocycles. The molecule has 2 aromatic rings. The standard InChI is InChI=1S/C21H30FN5S.HI/c1-16-25-20(15-28-16)14-27-10-8-17(9-11-27)12-24-21(23-2)26(3)13-18-4-6-19(22)7-5-18;/h4-7,15,17H,8-14H2,1-3H3,(H,23,24);1H. The first-order valence-electron chi connectivity index (χ1n) is 9.83. The van der Waals surface area contributed by atoms with Gasteiger partial charge >= 0.3 is 0 Å². The van der Waals surface area contributed by atoms with E-state index in [0.29, 0.717) is 12.5 Å². The number of piperidine rings is 1. The average molecular weight is 531 g/mol. The van der Waals surface area contributed by atoms with Crippen molar-refractivity contribution in [2.75, 3.05) is 33.7 Å². The molecule has 160 valence electrons. The maximum Gasteiger partial charge on any atom is 0.193 e. The second-order valence-electron chi connectivity index (χ2n) is 7.49. The fourth-order valence-corrected chi connectivity index (χ4v) is 4.22. The van der Waals surface area contributed by atoms with Crippen molar-refractivity contribution in [3.05, 3.63) is 51.7 Å². The first kappa shape index (κ1) is 24.0. The van der Waals surface area contributed by atoms with Gasteiger partial charge < -0.3 is 10.2 Å². The Hall–Kier alpha value is -1.26. The predicted molar refractivity (Wildman–Crippen MR) is 129 cm³/mol. The third kappa shape index (κ3) is 7.49. The molecule has 8 heteroatoms. The minimum absolute atomic E-state index is 0. The minimum atomic E-state index is -0.204. The van der Waals surface area contributed by atoms with E-state index in [1.807, 2.05) is 26.2 Å². The van der Waals surface area contributed by atoms with Crippen LogP contribution in [0, 0.1) is 18.7 Å². The van der Waals surface area contributed by atoms with Gasteiger partial charge in [-0.05, 0) is 56.5 Å². The second kappa shape index (κ2) is 11.8. The predicted octanol–water partition coefficient (Wildman–Crippen LogP) is 4.13. The van der Waals surface area contributed by atoms with Crippen LogP contribution in [0.3, 0.4) is 0 Å². The summed E-state index contributed by atoms with van der Waals surface area (Å²) in [5.74, 6) is 1.33. The summed E-state index contributed by atoms with van der Waals surface area (Å²) in [7, 11) is 3.82. The highest BCUT2D eigenvalue weighted by Crippen LogP contribution is 2.19. The molecule has 1 aliphatic heterocycles. The maximum atomic E-state index is 13.1. The molecule has 1 aliphatic rings. The van der Waals surface area contributed by atoms with E-state index in [2.05, 4.69) is 37.4 Å². The van der Waals surface area contributed by atoms with E-state index >= 15 is 0 Å². The van der Waals surface area contributed by atoms with Crippen LogP contribution in [-0.4, -0.2) is 54.5 Å². The average Bonchev–Trinajstić information content (AvgIpc) is 3.10. The highest BCUT2D eigenvalue weighted by Gasteiger charge is 2.20. The fraction of sp³-hybridized carbons (Fsp3) is 0.524. The number of hydrogen-bond acceptors (Lipinski definition) is 4. The molecular weight excluding hydrogens is 500 g/mol. The molecule has 0 aliphatic carbocycles. The molecule has 2 heterocycles. The number of aryl methyl sites for hydroxylation is 1. The Labute approximate surface area is 194 Å². The van der Waals surface area contributed by atoms with Crippen molar-refractivity contribution in [3.63, 3.8) is 0 Å². The highest BCUT2D eigenvalue weighted by molar-refractivity contribution is 14.0. The summed E-state index contributed by atoms with van der Waals surface area (Å²) in [5.41, 5.74) is 2.26. The van der Waals surface area contributed by atoms with E-state index in [1.165, 1.54) is 30.7 Å². The molecule has 0 unspecified atom stereocenters. The third-order valence-corrected chi connectivity index (χ3v) is 6.04. The zero-order valence-electron chi connectivity index (χ0n) is 17.4. The Morgan fingerprint density at radius 3 is 2.59 bits per heavy atom. The second-order valence-corrected chi connectivity index (χ2v) is 8.55. The summed E-state index contributed by atoms with van der Waals surface area (Å²) < 4.78 is 13.1. The van der Waals surface area contributed by atoms with Crippen molar-refractivity contribution >= 4 is 41.3 Å². The SMILES string of the molecule is CN=C(NCC1CCN(Cc2csc(C)n2)CC1)N(C)Cc1ccc(F)cc1.I. The summed E-state index contributed by atoms with van der Waals surface area (Å²) in [6.07, 6.45) is 2.38. The zero-order chi connectivity index (χ0) is 19.9. The van der Waals surface area contributed by atoms with Crippen LogP contribution < -0.4 is 5.32 Å². The first-order valence-corrected chi connectivity index (χ1v) is 10.7. The molecule has 0 bridgehead atoms. The largest absolute Gasteiger partial charge is 0.356 e. The van der Waals surface area contributed by atoms with Crippen molar-refractivity contribution in [2.45, 2.75) is 32.9 Å². The van der Waals surface area contributed by atoms with Crippen LogP contribution in [0.5, 0.6) is 0 Å². The van der Waals surface area contributed by atoms with Crippen molar-refractivity contribution < 1.29 is 4.39 Å². The monoisotopic (exact) mass is 531 g/mol. The summed E-state index contributed by atoms with van der Waals surface area (Å²) >= 11 is 1.73. The number of guanidine groups is 1. The van der Waals surface area contributed by atoms with Gasteiger partial charge in [-0.3, -0.25) is 9.89 Å². The van der Waals surface area contributed by atoms with Crippen molar-refractivity contribution in [2.24, 2.45) is 10.9 Å².